The first kappa shape index (κ1) is 18.7. The summed E-state index contributed by atoms with van der Waals surface area (Å²) in [5, 5.41) is 8.49. The van der Waals surface area contributed by atoms with Crippen molar-refractivity contribution in [2.24, 2.45) is 11.8 Å². The van der Waals surface area contributed by atoms with E-state index in [0.717, 1.165) is 7.11 Å². The number of carbonyl (C=O) groups excluding carboxylic acids is 5. The van der Waals surface area contributed by atoms with Gasteiger partial charge in [0, 0.05) is 6.42 Å². The second kappa shape index (κ2) is 8.30. The molecule has 1 aliphatic carbocycles. The predicted molar refractivity (Wildman–Crippen MR) is 74.4 cm³/mol. The number of hydrogen-bond donors (Lipinski definition) is 1. The lowest BCUT2D eigenvalue weighted by atomic mass is 9.94. The number of carbonyl (C=O) groups is 6. The lowest BCUT2D eigenvalue weighted by molar-refractivity contribution is -0.156. The highest BCUT2D eigenvalue weighted by Gasteiger charge is 2.53. The van der Waals surface area contributed by atoms with Crippen LogP contribution in [0.15, 0.2) is 0 Å². The summed E-state index contributed by atoms with van der Waals surface area (Å²) in [5.41, 5.74) is 0. The van der Waals surface area contributed by atoms with Gasteiger partial charge in [0.2, 0.25) is 11.6 Å². The minimum absolute atomic E-state index is 0.0511. The number of carboxylic acids is 1. The summed E-state index contributed by atoms with van der Waals surface area (Å²) in [4.78, 5) is 68.7. The van der Waals surface area contributed by atoms with Gasteiger partial charge < -0.3 is 9.84 Å². The maximum Gasteiger partial charge on any atom is 0.375 e. The average Bonchev–Trinajstić information content (AvgIpc) is 2.72. The van der Waals surface area contributed by atoms with Gasteiger partial charge in [0.05, 0.1) is 13.0 Å². The van der Waals surface area contributed by atoms with Gasteiger partial charge in [-0.05, 0) is 12.8 Å². The van der Waals surface area contributed by atoms with E-state index >= 15 is 0 Å². The number of aliphatic carboxylic acids is 1. The highest BCUT2D eigenvalue weighted by Crippen LogP contribution is 2.27. The molecule has 8 nitrogen and oxygen atoms in total. The number of methoxy groups -OCH3 is 1. The summed E-state index contributed by atoms with van der Waals surface area (Å²) in [5.74, 6) is -9.52. The molecule has 0 amide bonds. The fraction of sp³-hybridized carbons (Fsp3) is 0.600. The molecule has 0 heterocycles. The first-order valence-electron chi connectivity index (χ1n) is 7.27. The van der Waals surface area contributed by atoms with Crippen LogP contribution in [0.2, 0.25) is 0 Å². The van der Waals surface area contributed by atoms with Crippen molar-refractivity contribution in [2.75, 3.05) is 7.11 Å². The largest absolute Gasteiger partial charge is 0.481 e. The van der Waals surface area contributed by atoms with Gasteiger partial charge >= 0.3 is 11.9 Å². The molecule has 0 bridgehead atoms. The Balaban J connectivity index is 2.54. The molecule has 1 aliphatic rings. The van der Waals surface area contributed by atoms with E-state index in [9.17, 15) is 28.8 Å². The normalized spacial score (nSPS) is 20.7. The smallest absolute Gasteiger partial charge is 0.375 e. The van der Waals surface area contributed by atoms with Crippen molar-refractivity contribution < 1.29 is 38.6 Å². The first-order chi connectivity index (χ1) is 10.8. The van der Waals surface area contributed by atoms with Crippen LogP contribution in [-0.4, -0.2) is 47.3 Å². The van der Waals surface area contributed by atoms with Crippen LogP contribution >= 0.6 is 0 Å². The second-order valence-corrected chi connectivity index (χ2v) is 5.32. The van der Waals surface area contributed by atoms with Gasteiger partial charge in [-0.25, -0.2) is 4.79 Å². The van der Waals surface area contributed by atoms with E-state index in [-0.39, 0.29) is 12.8 Å². The van der Waals surface area contributed by atoms with Crippen LogP contribution < -0.4 is 0 Å². The van der Waals surface area contributed by atoms with E-state index in [1.807, 2.05) is 0 Å². The van der Waals surface area contributed by atoms with Crippen LogP contribution in [0.3, 0.4) is 0 Å². The topological polar surface area (TPSA) is 132 Å². The summed E-state index contributed by atoms with van der Waals surface area (Å²) in [6, 6.07) is 0. The third-order valence-corrected chi connectivity index (χ3v) is 3.73. The predicted octanol–water partition coefficient (Wildman–Crippen LogP) is 0.107. The number of Topliss-reactive ketones (excluding diaryl/α,β-unsaturated/α-hetero) is 4. The van der Waals surface area contributed by atoms with Crippen molar-refractivity contribution in [1.82, 2.24) is 0 Å². The fourth-order valence-corrected chi connectivity index (χ4v) is 2.49. The van der Waals surface area contributed by atoms with E-state index in [1.165, 1.54) is 0 Å². The Kier molecular flexibility index (Phi) is 6.74. The number of unbranched alkanes of at least 4 members (excludes halogenated alkanes) is 3. The first-order valence-corrected chi connectivity index (χ1v) is 7.27. The molecule has 8 heteroatoms. The van der Waals surface area contributed by atoms with Gasteiger partial charge in [-0.3, -0.25) is 24.0 Å². The van der Waals surface area contributed by atoms with Gasteiger partial charge in [-0.1, -0.05) is 19.3 Å². The summed E-state index contributed by atoms with van der Waals surface area (Å²) in [7, 11) is 0.945. The fourth-order valence-electron chi connectivity index (χ4n) is 2.49. The minimum atomic E-state index is -1.87. The molecule has 0 saturated heterocycles. The number of ketones is 4. The second-order valence-electron chi connectivity index (χ2n) is 5.32. The van der Waals surface area contributed by atoms with Gasteiger partial charge in [0.15, 0.2) is 11.7 Å². The zero-order chi connectivity index (χ0) is 17.6. The van der Waals surface area contributed by atoms with E-state index in [1.54, 1.807) is 0 Å². The van der Waals surface area contributed by atoms with Crippen molar-refractivity contribution in [3.05, 3.63) is 0 Å². The van der Waals surface area contributed by atoms with Crippen LogP contribution in [-0.2, 0) is 33.5 Å². The maximum absolute atomic E-state index is 12.0. The van der Waals surface area contributed by atoms with E-state index in [2.05, 4.69) is 4.74 Å². The summed E-state index contributed by atoms with van der Waals surface area (Å²) in [6.45, 7) is 0. The van der Waals surface area contributed by atoms with E-state index < -0.39 is 46.9 Å². The standard InChI is InChI=1S/C15H18O8/c1-23-15(22)14(21)10-11(18)8(12(19)13(10)20)6-4-2-3-5-7-9(16)17/h8,10H,2-7H2,1H3,(H,16,17)/t8-,10+/m0/s1. The van der Waals surface area contributed by atoms with Crippen LogP contribution in [0.1, 0.15) is 38.5 Å². The Labute approximate surface area is 132 Å². The van der Waals surface area contributed by atoms with Gasteiger partial charge in [0.25, 0.3) is 5.78 Å². The number of ether oxygens (including phenoxy) is 1. The van der Waals surface area contributed by atoms with Crippen LogP contribution in [0.5, 0.6) is 0 Å². The quantitative estimate of drug-likeness (QED) is 0.273. The molecule has 1 fully saturated rings. The average molecular weight is 326 g/mol. The molecule has 0 radical (unpaired) electrons. The molecular weight excluding hydrogens is 308 g/mol. The molecule has 0 unspecified atom stereocenters. The van der Waals surface area contributed by atoms with Gasteiger partial charge in [-0.15, -0.1) is 0 Å². The molecule has 0 aromatic heterocycles. The highest BCUT2D eigenvalue weighted by atomic mass is 16.5. The molecule has 2 atom stereocenters. The van der Waals surface area contributed by atoms with Gasteiger partial charge in [0.1, 0.15) is 0 Å². The molecule has 1 saturated carbocycles. The maximum atomic E-state index is 12.0. The van der Waals surface area contributed by atoms with Crippen molar-refractivity contribution in [3.8, 4) is 0 Å². The van der Waals surface area contributed by atoms with E-state index in [0.29, 0.717) is 25.7 Å². The van der Waals surface area contributed by atoms with Crippen molar-refractivity contribution in [1.29, 1.82) is 0 Å². The third kappa shape index (κ3) is 4.54. The van der Waals surface area contributed by atoms with Crippen LogP contribution in [0.25, 0.3) is 0 Å². The summed E-state index contributed by atoms with van der Waals surface area (Å²) >= 11 is 0. The van der Waals surface area contributed by atoms with Crippen LogP contribution in [0, 0.1) is 11.8 Å². The SMILES string of the molecule is COC(=O)C(=O)[C@H]1C(=O)C(=O)[C@@H](CCCCCCC(=O)O)C1=O. The Morgan fingerprint density at radius 2 is 1.61 bits per heavy atom. The molecule has 1 rings (SSSR count). The van der Waals surface area contributed by atoms with E-state index in [4.69, 9.17) is 5.11 Å². The molecule has 0 aromatic carbocycles. The third-order valence-electron chi connectivity index (χ3n) is 3.73. The monoisotopic (exact) mass is 326 g/mol. The number of hydrogen-bond acceptors (Lipinski definition) is 7. The van der Waals surface area contributed by atoms with Crippen molar-refractivity contribution >= 4 is 35.1 Å². The Hall–Kier alpha value is -2.38. The zero-order valence-electron chi connectivity index (χ0n) is 12.7. The number of carboxylic acid groups (broad SMARTS) is 1. The minimum Gasteiger partial charge on any atom is -0.481 e. The Morgan fingerprint density at radius 3 is 2.17 bits per heavy atom. The summed E-state index contributed by atoms with van der Waals surface area (Å²) in [6.07, 6.45) is 2.34. The summed E-state index contributed by atoms with van der Waals surface area (Å²) < 4.78 is 4.18. The molecule has 1 N–H and O–H groups in total. The lowest BCUT2D eigenvalue weighted by Crippen LogP contribution is -2.33. The van der Waals surface area contributed by atoms with Gasteiger partial charge in [-0.2, -0.15) is 0 Å². The molecule has 23 heavy (non-hydrogen) atoms. The van der Waals surface area contributed by atoms with Crippen molar-refractivity contribution in [3.63, 3.8) is 0 Å². The number of rotatable bonds is 9. The van der Waals surface area contributed by atoms with Crippen LogP contribution in [0.4, 0.5) is 0 Å². The lowest BCUT2D eigenvalue weighted by Gasteiger charge is -2.06. The molecular formula is C15H18O8. The molecule has 0 spiro atoms. The zero-order valence-corrected chi connectivity index (χ0v) is 12.7. The molecule has 0 aliphatic heterocycles. The molecule has 0 aromatic rings. The molecule has 126 valence electrons. The highest BCUT2D eigenvalue weighted by molar-refractivity contribution is 6.60. The Morgan fingerprint density at radius 1 is 1.00 bits per heavy atom. The van der Waals surface area contributed by atoms with Crippen molar-refractivity contribution in [2.45, 2.75) is 38.5 Å². The Bertz CT molecular complexity index is 548. The number of esters is 1.